The van der Waals surface area contributed by atoms with Crippen molar-refractivity contribution in [3.63, 3.8) is 0 Å². The maximum Gasteiger partial charge on any atom is 0.140 e. The maximum atomic E-state index is 13.6. The van der Waals surface area contributed by atoms with E-state index in [-0.39, 0.29) is 0 Å². The average molecular weight is 281 g/mol. The van der Waals surface area contributed by atoms with Gasteiger partial charge in [0.15, 0.2) is 0 Å². The van der Waals surface area contributed by atoms with E-state index in [0.717, 1.165) is 23.4 Å². The molecule has 3 nitrogen and oxygen atoms in total. The van der Waals surface area contributed by atoms with Crippen molar-refractivity contribution in [2.75, 3.05) is 12.4 Å². The summed E-state index contributed by atoms with van der Waals surface area (Å²) in [7, 11) is 1.77. The van der Waals surface area contributed by atoms with Gasteiger partial charge < -0.3 is 5.32 Å². The Morgan fingerprint density at radius 3 is 2.53 bits per heavy atom. The molecule has 0 unspecified atom stereocenters. The van der Waals surface area contributed by atoms with Crippen LogP contribution < -0.4 is 5.32 Å². The van der Waals surface area contributed by atoms with Crippen LogP contribution in [0.5, 0.6) is 0 Å². The van der Waals surface area contributed by atoms with Crippen molar-refractivity contribution < 1.29 is 8.78 Å². The van der Waals surface area contributed by atoms with E-state index in [1.165, 1.54) is 12.1 Å². The molecule has 0 atom stereocenters. The summed E-state index contributed by atoms with van der Waals surface area (Å²) in [4.78, 5) is 8.87. The summed E-state index contributed by atoms with van der Waals surface area (Å²) >= 11 is 1.16. The molecule has 19 heavy (non-hydrogen) atoms. The predicted molar refractivity (Wildman–Crippen MR) is 71.5 cm³/mol. The van der Waals surface area contributed by atoms with Crippen molar-refractivity contribution >= 4 is 17.6 Å². The summed E-state index contributed by atoms with van der Waals surface area (Å²) in [6, 6.07) is 3.50. The zero-order valence-corrected chi connectivity index (χ0v) is 11.6. The first-order valence-electron chi connectivity index (χ1n) is 5.67. The highest BCUT2D eigenvalue weighted by atomic mass is 32.2. The third-order valence-corrected chi connectivity index (χ3v) is 3.69. The number of rotatable bonds is 3. The minimum Gasteiger partial charge on any atom is -0.373 e. The van der Waals surface area contributed by atoms with Crippen LogP contribution in [-0.2, 0) is 0 Å². The minimum absolute atomic E-state index is 0.338. The summed E-state index contributed by atoms with van der Waals surface area (Å²) in [5.41, 5.74) is 0.835. The largest absolute Gasteiger partial charge is 0.373 e. The summed E-state index contributed by atoms with van der Waals surface area (Å²) in [5, 5.41) is 3.62. The number of anilines is 1. The normalized spacial score (nSPS) is 10.6. The standard InChI is InChI=1S/C13H13F2N3S/c1-7-12(16-3)17-8(2)18-13(7)19-11-5-4-9(14)6-10(11)15/h4-6H,1-3H3,(H,16,17,18). The first-order chi connectivity index (χ1) is 9.01. The number of hydrogen-bond donors (Lipinski definition) is 1. The first kappa shape index (κ1) is 13.7. The van der Waals surface area contributed by atoms with Crippen LogP contribution in [0.15, 0.2) is 28.1 Å². The zero-order chi connectivity index (χ0) is 14.0. The van der Waals surface area contributed by atoms with Gasteiger partial charge in [0.1, 0.15) is 28.3 Å². The van der Waals surface area contributed by atoms with E-state index in [9.17, 15) is 8.78 Å². The number of benzene rings is 1. The minimum atomic E-state index is -0.591. The predicted octanol–water partition coefficient (Wildman–Crippen LogP) is 3.56. The van der Waals surface area contributed by atoms with Crippen LogP contribution in [0.2, 0.25) is 0 Å². The van der Waals surface area contributed by atoms with Gasteiger partial charge in [-0.25, -0.2) is 18.7 Å². The van der Waals surface area contributed by atoms with E-state index in [2.05, 4.69) is 15.3 Å². The topological polar surface area (TPSA) is 37.8 Å². The van der Waals surface area contributed by atoms with Crippen molar-refractivity contribution in [3.05, 3.63) is 41.2 Å². The molecule has 100 valence electrons. The molecule has 1 heterocycles. The number of aromatic nitrogens is 2. The summed E-state index contributed by atoms with van der Waals surface area (Å²) in [6.07, 6.45) is 0. The second-order valence-corrected chi connectivity index (χ2v) is 5.01. The van der Waals surface area contributed by atoms with Gasteiger partial charge in [-0.2, -0.15) is 0 Å². The van der Waals surface area contributed by atoms with Gasteiger partial charge >= 0.3 is 0 Å². The lowest BCUT2D eigenvalue weighted by molar-refractivity contribution is 0.565. The van der Waals surface area contributed by atoms with Crippen LogP contribution in [0.3, 0.4) is 0 Å². The van der Waals surface area contributed by atoms with E-state index in [0.29, 0.717) is 21.6 Å². The third kappa shape index (κ3) is 3.01. The highest BCUT2D eigenvalue weighted by Gasteiger charge is 2.12. The summed E-state index contributed by atoms with van der Waals surface area (Å²) in [5.74, 6) is 0.123. The number of nitrogens with one attached hydrogen (secondary N) is 1. The molecule has 0 fully saturated rings. The smallest absolute Gasteiger partial charge is 0.140 e. The van der Waals surface area contributed by atoms with Crippen LogP contribution in [0.1, 0.15) is 11.4 Å². The van der Waals surface area contributed by atoms with Crippen molar-refractivity contribution in [1.82, 2.24) is 9.97 Å². The Balaban J connectivity index is 2.40. The van der Waals surface area contributed by atoms with E-state index in [4.69, 9.17) is 0 Å². The quantitative estimate of drug-likeness (QED) is 0.873. The lowest BCUT2D eigenvalue weighted by Crippen LogP contribution is -2.02. The molecule has 2 rings (SSSR count). The van der Waals surface area contributed by atoms with Gasteiger partial charge in [-0.15, -0.1) is 0 Å². The number of halogens is 2. The Labute approximate surface area is 114 Å². The molecule has 1 aromatic heterocycles. The Morgan fingerprint density at radius 1 is 1.16 bits per heavy atom. The second kappa shape index (κ2) is 5.52. The van der Waals surface area contributed by atoms with Gasteiger partial charge in [0.25, 0.3) is 0 Å². The van der Waals surface area contributed by atoms with Gasteiger partial charge in [-0.3, -0.25) is 0 Å². The molecule has 0 aliphatic carbocycles. The Hall–Kier alpha value is -1.69. The Kier molecular flexibility index (Phi) is 3.99. The molecule has 0 radical (unpaired) electrons. The molecule has 0 saturated heterocycles. The molecule has 0 aliphatic heterocycles. The molecule has 6 heteroatoms. The fourth-order valence-corrected chi connectivity index (χ4v) is 2.54. The van der Waals surface area contributed by atoms with Crippen LogP contribution in [0.25, 0.3) is 0 Å². The monoisotopic (exact) mass is 281 g/mol. The molecule has 1 aromatic carbocycles. The van der Waals surface area contributed by atoms with Crippen molar-refractivity contribution in [1.29, 1.82) is 0 Å². The van der Waals surface area contributed by atoms with Crippen LogP contribution >= 0.6 is 11.8 Å². The molecule has 2 aromatic rings. The molecule has 0 amide bonds. The summed E-state index contributed by atoms with van der Waals surface area (Å²) < 4.78 is 26.5. The van der Waals surface area contributed by atoms with Crippen LogP contribution in [0.4, 0.5) is 14.6 Å². The van der Waals surface area contributed by atoms with Crippen LogP contribution in [-0.4, -0.2) is 17.0 Å². The van der Waals surface area contributed by atoms with E-state index in [1.54, 1.807) is 14.0 Å². The fourth-order valence-electron chi connectivity index (χ4n) is 1.61. The van der Waals surface area contributed by atoms with Crippen molar-refractivity contribution in [2.24, 2.45) is 0 Å². The number of nitrogens with zero attached hydrogens (tertiary/aromatic N) is 2. The Bertz CT molecular complexity index is 617. The van der Waals surface area contributed by atoms with E-state index < -0.39 is 11.6 Å². The van der Waals surface area contributed by atoms with Crippen LogP contribution in [0, 0.1) is 25.5 Å². The number of hydrogen-bond acceptors (Lipinski definition) is 4. The van der Waals surface area contributed by atoms with E-state index in [1.807, 2.05) is 6.92 Å². The number of aryl methyl sites for hydroxylation is 1. The molecule has 0 saturated carbocycles. The molecule has 1 N–H and O–H groups in total. The Morgan fingerprint density at radius 2 is 1.89 bits per heavy atom. The van der Waals surface area contributed by atoms with Gasteiger partial charge in [-0.05, 0) is 26.0 Å². The third-order valence-electron chi connectivity index (χ3n) is 2.55. The van der Waals surface area contributed by atoms with Gasteiger partial charge in [-0.1, -0.05) is 11.8 Å². The molecule has 0 aliphatic rings. The highest BCUT2D eigenvalue weighted by Crippen LogP contribution is 2.32. The highest BCUT2D eigenvalue weighted by molar-refractivity contribution is 7.99. The molecular weight excluding hydrogens is 268 g/mol. The second-order valence-electron chi connectivity index (χ2n) is 3.98. The molecule has 0 spiro atoms. The maximum absolute atomic E-state index is 13.6. The lowest BCUT2D eigenvalue weighted by atomic mass is 10.3. The van der Waals surface area contributed by atoms with E-state index >= 15 is 0 Å². The van der Waals surface area contributed by atoms with Gasteiger partial charge in [0.2, 0.25) is 0 Å². The molecule has 0 bridgehead atoms. The lowest BCUT2D eigenvalue weighted by Gasteiger charge is -2.10. The van der Waals surface area contributed by atoms with Gasteiger partial charge in [0.05, 0.1) is 0 Å². The first-order valence-corrected chi connectivity index (χ1v) is 6.49. The summed E-state index contributed by atoms with van der Waals surface area (Å²) in [6.45, 7) is 3.63. The van der Waals surface area contributed by atoms with Crippen molar-refractivity contribution in [2.45, 2.75) is 23.8 Å². The zero-order valence-electron chi connectivity index (χ0n) is 10.8. The fraction of sp³-hybridized carbons (Fsp3) is 0.231. The SMILES string of the molecule is CNc1nc(C)nc(Sc2ccc(F)cc2F)c1C. The van der Waals surface area contributed by atoms with Crippen molar-refractivity contribution in [3.8, 4) is 0 Å². The average Bonchev–Trinajstić information content (AvgIpc) is 2.36. The van der Waals surface area contributed by atoms with Gasteiger partial charge in [0, 0.05) is 23.6 Å². The molecular formula is C13H13F2N3S.